The number of aliphatic hydroxyl groups is 1. The summed E-state index contributed by atoms with van der Waals surface area (Å²) in [6.07, 6.45) is 4.09. The van der Waals surface area contributed by atoms with Gasteiger partial charge in [0.2, 0.25) is 0 Å². The highest BCUT2D eigenvalue weighted by atomic mass is 16.3. The number of carbonyl (C=O) groups excluding carboxylic acids is 1. The molecule has 140 valence electrons. The second-order valence-corrected chi connectivity index (χ2v) is 7.89. The van der Waals surface area contributed by atoms with E-state index in [1.165, 1.54) is 25.9 Å². The van der Waals surface area contributed by atoms with Crippen molar-refractivity contribution >= 4 is 6.03 Å². The summed E-state index contributed by atoms with van der Waals surface area (Å²) in [5, 5.41) is 12.8. The molecule has 0 bridgehead atoms. The molecule has 2 heterocycles. The smallest absolute Gasteiger partial charge is 0.317 e. The second kappa shape index (κ2) is 9.02. The number of amides is 2. The summed E-state index contributed by atoms with van der Waals surface area (Å²) in [4.78, 5) is 19.2. The third-order valence-electron chi connectivity index (χ3n) is 5.41. The third kappa shape index (κ3) is 5.60. The van der Waals surface area contributed by atoms with Gasteiger partial charge in [-0.25, -0.2) is 4.79 Å². The van der Waals surface area contributed by atoms with Gasteiger partial charge >= 0.3 is 6.03 Å². The molecule has 0 aromatic rings. The summed E-state index contributed by atoms with van der Waals surface area (Å²) in [6.45, 7) is 10.7. The predicted octanol–water partition coefficient (Wildman–Crippen LogP) is 1.35. The number of hydrogen-bond acceptors (Lipinski definition) is 4. The minimum Gasteiger partial charge on any atom is -0.392 e. The highest BCUT2D eigenvalue weighted by molar-refractivity contribution is 5.74. The zero-order valence-electron chi connectivity index (χ0n) is 15.9. The molecule has 24 heavy (non-hydrogen) atoms. The molecule has 0 aliphatic carbocycles. The van der Waals surface area contributed by atoms with Crippen molar-refractivity contribution in [3.8, 4) is 0 Å². The lowest BCUT2D eigenvalue weighted by Gasteiger charge is -2.41. The van der Waals surface area contributed by atoms with Gasteiger partial charge in [-0.1, -0.05) is 0 Å². The Kier molecular flexibility index (Phi) is 7.32. The molecule has 2 N–H and O–H groups in total. The van der Waals surface area contributed by atoms with Crippen LogP contribution in [0.5, 0.6) is 0 Å². The number of likely N-dealkylation sites (tertiary alicyclic amines) is 2. The first-order valence-corrected chi connectivity index (χ1v) is 9.54. The Morgan fingerprint density at radius 1 is 1.12 bits per heavy atom. The average molecular weight is 341 g/mol. The van der Waals surface area contributed by atoms with E-state index in [4.69, 9.17) is 0 Å². The Balaban J connectivity index is 1.76. The van der Waals surface area contributed by atoms with Crippen molar-refractivity contribution < 1.29 is 9.90 Å². The standard InChI is InChI=1S/C18H36N4O2/c1-14(2)22(13-15(3)23)18(24)19-16-5-11-21(12-6-16)17-7-9-20(4)10-8-17/h14-17,23H,5-13H2,1-4H3,(H,19,24). The first kappa shape index (κ1) is 19.5. The highest BCUT2D eigenvalue weighted by Gasteiger charge is 2.29. The maximum Gasteiger partial charge on any atom is 0.317 e. The van der Waals surface area contributed by atoms with Crippen LogP contribution in [0.2, 0.25) is 0 Å². The van der Waals surface area contributed by atoms with Gasteiger partial charge < -0.3 is 25.1 Å². The number of nitrogens with one attached hydrogen (secondary N) is 1. The molecule has 2 amide bonds. The van der Waals surface area contributed by atoms with Crippen molar-refractivity contribution in [2.75, 3.05) is 39.8 Å². The Morgan fingerprint density at radius 2 is 1.71 bits per heavy atom. The predicted molar refractivity (Wildman–Crippen MR) is 97.2 cm³/mol. The molecule has 0 aromatic heterocycles. The minimum atomic E-state index is -0.496. The van der Waals surface area contributed by atoms with Crippen molar-refractivity contribution in [3.63, 3.8) is 0 Å². The Hall–Kier alpha value is -0.850. The van der Waals surface area contributed by atoms with Crippen molar-refractivity contribution in [2.24, 2.45) is 0 Å². The Bertz CT molecular complexity index is 386. The molecule has 2 aliphatic heterocycles. The fourth-order valence-electron chi connectivity index (χ4n) is 3.84. The van der Waals surface area contributed by atoms with E-state index >= 15 is 0 Å². The van der Waals surface area contributed by atoms with E-state index < -0.39 is 6.10 Å². The lowest BCUT2D eigenvalue weighted by molar-refractivity contribution is 0.0882. The fourth-order valence-corrected chi connectivity index (χ4v) is 3.84. The van der Waals surface area contributed by atoms with Crippen molar-refractivity contribution in [1.82, 2.24) is 20.0 Å². The van der Waals surface area contributed by atoms with Gasteiger partial charge in [-0.05, 0) is 66.6 Å². The van der Waals surface area contributed by atoms with Crippen LogP contribution in [-0.2, 0) is 0 Å². The maximum atomic E-state index is 12.5. The molecular formula is C18H36N4O2. The monoisotopic (exact) mass is 340 g/mol. The largest absolute Gasteiger partial charge is 0.392 e. The third-order valence-corrected chi connectivity index (χ3v) is 5.41. The topological polar surface area (TPSA) is 59.1 Å². The van der Waals surface area contributed by atoms with E-state index in [2.05, 4.69) is 22.2 Å². The molecule has 1 unspecified atom stereocenters. The van der Waals surface area contributed by atoms with Crippen LogP contribution in [0.1, 0.15) is 46.5 Å². The van der Waals surface area contributed by atoms with Gasteiger partial charge in [0, 0.05) is 37.8 Å². The summed E-state index contributed by atoms with van der Waals surface area (Å²) in [5.41, 5.74) is 0. The van der Waals surface area contributed by atoms with Gasteiger partial charge in [-0.2, -0.15) is 0 Å². The zero-order valence-corrected chi connectivity index (χ0v) is 15.9. The number of urea groups is 1. The van der Waals surface area contributed by atoms with Gasteiger partial charge in [0.15, 0.2) is 0 Å². The zero-order chi connectivity index (χ0) is 17.7. The van der Waals surface area contributed by atoms with E-state index in [9.17, 15) is 9.90 Å². The number of carbonyl (C=O) groups is 1. The SMILES string of the molecule is CC(O)CN(C(=O)NC1CCN(C2CCN(C)CC2)CC1)C(C)C. The van der Waals surface area contributed by atoms with E-state index in [-0.39, 0.29) is 18.1 Å². The quantitative estimate of drug-likeness (QED) is 0.793. The van der Waals surface area contributed by atoms with Gasteiger partial charge in [0.25, 0.3) is 0 Å². The molecule has 0 saturated carbocycles. The Morgan fingerprint density at radius 3 is 2.21 bits per heavy atom. The van der Waals surface area contributed by atoms with E-state index in [1.54, 1.807) is 11.8 Å². The van der Waals surface area contributed by atoms with Crippen LogP contribution in [0, 0.1) is 0 Å². The molecule has 0 radical (unpaired) electrons. The van der Waals surface area contributed by atoms with Crippen molar-refractivity contribution in [2.45, 2.75) is 70.7 Å². The number of rotatable bonds is 5. The van der Waals surface area contributed by atoms with E-state index in [0.717, 1.165) is 32.0 Å². The molecule has 2 rings (SSSR count). The van der Waals surface area contributed by atoms with Gasteiger partial charge in [-0.3, -0.25) is 0 Å². The van der Waals surface area contributed by atoms with Gasteiger partial charge in [0.1, 0.15) is 0 Å². The highest BCUT2D eigenvalue weighted by Crippen LogP contribution is 2.20. The van der Waals surface area contributed by atoms with Crippen LogP contribution in [-0.4, -0.2) is 89.8 Å². The lowest BCUT2D eigenvalue weighted by Crippen LogP contribution is -2.54. The van der Waals surface area contributed by atoms with E-state index in [0.29, 0.717) is 6.54 Å². The number of nitrogens with zero attached hydrogens (tertiary/aromatic N) is 3. The van der Waals surface area contributed by atoms with Crippen LogP contribution in [0.4, 0.5) is 4.79 Å². The van der Waals surface area contributed by atoms with Crippen LogP contribution >= 0.6 is 0 Å². The van der Waals surface area contributed by atoms with Crippen molar-refractivity contribution in [3.05, 3.63) is 0 Å². The molecule has 6 nitrogen and oxygen atoms in total. The number of aliphatic hydroxyl groups excluding tert-OH is 1. The average Bonchev–Trinajstić information content (AvgIpc) is 2.53. The fraction of sp³-hybridized carbons (Fsp3) is 0.944. The summed E-state index contributed by atoms with van der Waals surface area (Å²) in [7, 11) is 2.20. The Labute approximate surface area is 147 Å². The molecular weight excluding hydrogens is 304 g/mol. The first-order chi connectivity index (χ1) is 11.4. The molecule has 2 saturated heterocycles. The van der Waals surface area contributed by atoms with Crippen LogP contribution in [0.15, 0.2) is 0 Å². The molecule has 2 aliphatic rings. The van der Waals surface area contributed by atoms with Crippen LogP contribution in [0.3, 0.4) is 0 Å². The molecule has 6 heteroatoms. The van der Waals surface area contributed by atoms with Crippen LogP contribution < -0.4 is 5.32 Å². The molecule has 2 fully saturated rings. The lowest BCUT2D eigenvalue weighted by atomic mass is 9.98. The summed E-state index contributed by atoms with van der Waals surface area (Å²) < 4.78 is 0. The summed E-state index contributed by atoms with van der Waals surface area (Å²) in [5.74, 6) is 0. The number of piperidine rings is 2. The van der Waals surface area contributed by atoms with Crippen LogP contribution in [0.25, 0.3) is 0 Å². The molecule has 0 spiro atoms. The summed E-state index contributed by atoms with van der Waals surface area (Å²) >= 11 is 0. The second-order valence-electron chi connectivity index (χ2n) is 7.89. The minimum absolute atomic E-state index is 0.0383. The summed E-state index contributed by atoms with van der Waals surface area (Å²) in [6, 6.07) is 1.04. The van der Waals surface area contributed by atoms with Gasteiger partial charge in [0.05, 0.1) is 6.10 Å². The van der Waals surface area contributed by atoms with Gasteiger partial charge in [-0.15, -0.1) is 0 Å². The first-order valence-electron chi connectivity index (χ1n) is 9.54. The normalized spacial score (nSPS) is 23.4. The molecule has 1 atom stereocenters. The maximum absolute atomic E-state index is 12.5. The van der Waals surface area contributed by atoms with Crippen molar-refractivity contribution in [1.29, 1.82) is 0 Å². The molecule has 0 aromatic carbocycles. The van der Waals surface area contributed by atoms with E-state index in [1.807, 2.05) is 13.8 Å². The number of hydrogen-bond donors (Lipinski definition) is 2.